The van der Waals surface area contributed by atoms with Gasteiger partial charge in [0.05, 0.1) is 7.11 Å². The highest BCUT2D eigenvalue weighted by Gasteiger charge is 2.30. The Bertz CT molecular complexity index is 713. The number of nitrogens with zero attached hydrogens (tertiary/aromatic N) is 1. The van der Waals surface area contributed by atoms with Crippen molar-refractivity contribution in [3.63, 3.8) is 0 Å². The Kier molecular flexibility index (Phi) is 6.92. The molecule has 0 aliphatic carbocycles. The van der Waals surface area contributed by atoms with Crippen LogP contribution in [0.2, 0.25) is 0 Å². The highest BCUT2D eigenvalue weighted by atomic mass is 16.5. The van der Waals surface area contributed by atoms with Crippen molar-refractivity contribution in [2.45, 2.75) is 32.7 Å². The molecular weight excluding hydrogens is 352 g/mol. The van der Waals surface area contributed by atoms with Gasteiger partial charge in [-0.1, -0.05) is 13.8 Å². The molecule has 1 fully saturated rings. The topological polar surface area (TPSA) is 102 Å². The van der Waals surface area contributed by atoms with Crippen LogP contribution < -0.4 is 10.1 Å². The van der Waals surface area contributed by atoms with Gasteiger partial charge in [0.1, 0.15) is 11.8 Å². The summed E-state index contributed by atoms with van der Waals surface area (Å²) in [4.78, 5) is 49.3. The highest BCUT2D eigenvalue weighted by molar-refractivity contribution is 5.99. The number of nitrogens with one attached hydrogen (secondary N) is 1. The Hall–Kier alpha value is -2.90. The zero-order valence-corrected chi connectivity index (χ0v) is 15.7. The molecule has 0 saturated carbocycles. The summed E-state index contributed by atoms with van der Waals surface area (Å²) in [6.45, 7) is 3.33. The Morgan fingerprint density at radius 1 is 1.19 bits per heavy atom. The summed E-state index contributed by atoms with van der Waals surface area (Å²) in [7, 11) is 1.52. The maximum atomic E-state index is 12.4. The van der Waals surface area contributed by atoms with Crippen LogP contribution in [0, 0.1) is 5.92 Å². The van der Waals surface area contributed by atoms with Crippen LogP contribution in [0.15, 0.2) is 24.3 Å². The molecule has 1 heterocycles. The van der Waals surface area contributed by atoms with E-state index in [-0.39, 0.29) is 11.8 Å². The Morgan fingerprint density at radius 2 is 1.85 bits per heavy atom. The molecule has 1 aromatic rings. The summed E-state index contributed by atoms with van der Waals surface area (Å²) in [5.74, 6) is -1.59. The van der Waals surface area contributed by atoms with Gasteiger partial charge in [0.15, 0.2) is 6.61 Å². The molecule has 1 N–H and O–H groups in total. The van der Waals surface area contributed by atoms with E-state index < -0.39 is 30.4 Å². The van der Waals surface area contributed by atoms with Gasteiger partial charge in [0.25, 0.3) is 11.8 Å². The molecule has 8 heteroatoms. The lowest BCUT2D eigenvalue weighted by molar-refractivity contribution is -0.156. The van der Waals surface area contributed by atoms with E-state index in [1.807, 2.05) is 0 Å². The molecule has 1 atom stereocenters. The molecule has 0 spiro atoms. The third-order valence-electron chi connectivity index (χ3n) is 4.27. The normalized spacial score (nSPS) is 14.8. The minimum absolute atomic E-state index is 0.247. The van der Waals surface area contributed by atoms with Crippen LogP contribution in [0.1, 0.15) is 37.0 Å². The van der Waals surface area contributed by atoms with Gasteiger partial charge in [-0.25, -0.2) is 4.79 Å². The van der Waals surface area contributed by atoms with E-state index in [4.69, 9.17) is 9.47 Å². The van der Waals surface area contributed by atoms with Crippen molar-refractivity contribution in [3.8, 4) is 5.75 Å². The van der Waals surface area contributed by atoms with Crippen LogP contribution in [-0.2, 0) is 19.1 Å². The molecule has 1 saturated heterocycles. The van der Waals surface area contributed by atoms with E-state index in [1.54, 1.807) is 38.1 Å². The average molecular weight is 376 g/mol. The van der Waals surface area contributed by atoms with Crippen molar-refractivity contribution >= 4 is 23.7 Å². The van der Waals surface area contributed by atoms with Crippen molar-refractivity contribution in [1.29, 1.82) is 0 Å². The smallest absolute Gasteiger partial charge is 0.329 e. The summed E-state index contributed by atoms with van der Waals surface area (Å²) in [5, 5.41) is 2.63. The van der Waals surface area contributed by atoms with Crippen LogP contribution in [0.5, 0.6) is 5.75 Å². The quantitative estimate of drug-likeness (QED) is 0.716. The molecule has 0 aromatic heterocycles. The van der Waals surface area contributed by atoms with E-state index in [1.165, 1.54) is 7.11 Å². The van der Waals surface area contributed by atoms with E-state index in [9.17, 15) is 19.2 Å². The lowest BCUT2D eigenvalue weighted by Crippen LogP contribution is -2.46. The molecule has 2 rings (SSSR count). The predicted octanol–water partition coefficient (Wildman–Crippen LogP) is 1.14. The van der Waals surface area contributed by atoms with Crippen LogP contribution in [0.3, 0.4) is 0 Å². The molecule has 0 bridgehead atoms. The standard InChI is InChI=1S/C19H24N2O6/c1-12(2)17(20-18(24)13-6-8-14(26-3)9-7-13)19(25)27-11-16(23)21-10-4-5-15(21)22/h6-9,12,17H,4-5,10-11H2,1-3H3,(H,20,24)/t17-/m1/s1. The van der Waals surface area contributed by atoms with Gasteiger partial charge in [-0.3, -0.25) is 19.3 Å². The van der Waals surface area contributed by atoms with E-state index in [2.05, 4.69) is 5.32 Å². The number of rotatable bonds is 7. The minimum atomic E-state index is -0.915. The van der Waals surface area contributed by atoms with E-state index in [0.29, 0.717) is 30.7 Å². The van der Waals surface area contributed by atoms with Crippen molar-refractivity contribution in [1.82, 2.24) is 10.2 Å². The zero-order valence-electron chi connectivity index (χ0n) is 15.7. The molecule has 1 aliphatic heterocycles. The molecular formula is C19H24N2O6. The van der Waals surface area contributed by atoms with E-state index >= 15 is 0 Å². The second-order valence-corrected chi connectivity index (χ2v) is 6.57. The summed E-state index contributed by atoms with van der Waals surface area (Å²) in [6.07, 6.45) is 0.942. The van der Waals surface area contributed by atoms with Crippen LogP contribution >= 0.6 is 0 Å². The first-order valence-electron chi connectivity index (χ1n) is 8.78. The molecule has 0 unspecified atom stereocenters. The fourth-order valence-corrected chi connectivity index (χ4v) is 2.68. The molecule has 3 amide bonds. The third kappa shape index (κ3) is 5.29. The van der Waals surface area contributed by atoms with Crippen LogP contribution in [0.4, 0.5) is 0 Å². The third-order valence-corrected chi connectivity index (χ3v) is 4.27. The number of hydrogen-bond acceptors (Lipinski definition) is 6. The fourth-order valence-electron chi connectivity index (χ4n) is 2.68. The zero-order chi connectivity index (χ0) is 20.0. The second kappa shape index (κ2) is 9.16. The van der Waals surface area contributed by atoms with Gasteiger partial charge in [-0.15, -0.1) is 0 Å². The molecule has 1 aromatic carbocycles. The maximum Gasteiger partial charge on any atom is 0.329 e. The first kappa shape index (κ1) is 20.4. The van der Waals surface area contributed by atoms with Crippen LogP contribution in [0.25, 0.3) is 0 Å². The SMILES string of the molecule is COc1ccc(C(=O)N[C@@H](C(=O)OCC(=O)N2CCCC2=O)C(C)C)cc1. The van der Waals surface area contributed by atoms with Crippen molar-refractivity contribution in [2.24, 2.45) is 5.92 Å². The largest absolute Gasteiger partial charge is 0.497 e. The number of imide groups is 1. The summed E-state index contributed by atoms with van der Waals surface area (Å²) < 4.78 is 10.1. The molecule has 1 aliphatic rings. The average Bonchev–Trinajstić information content (AvgIpc) is 3.09. The first-order valence-corrected chi connectivity index (χ1v) is 8.78. The van der Waals surface area contributed by atoms with Gasteiger partial charge in [0.2, 0.25) is 5.91 Å². The van der Waals surface area contributed by atoms with Crippen LogP contribution in [-0.4, -0.2) is 54.9 Å². The van der Waals surface area contributed by atoms with Gasteiger partial charge < -0.3 is 14.8 Å². The van der Waals surface area contributed by atoms with Gasteiger partial charge in [0, 0.05) is 18.5 Å². The number of hydrogen-bond donors (Lipinski definition) is 1. The Labute approximate surface area is 157 Å². The van der Waals surface area contributed by atoms with Gasteiger partial charge >= 0.3 is 5.97 Å². The number of benzene rings is 1. The highest BCUT2D eigenvalue weighted by Crippen LogP contribution is 2.13. The minimum Gasteiger partial charge on any atom is -0.497 e. The summed E-state index contributed by atoms with van der Waals surface area (Å²) in [6, 6.07) is 5.53. The molecule has 27 heavy (non-hydrogen) atoms. The van der Waals surface area contributed by atoms with Gasteiger partial charge in [-0.2, -0.15) is 0 Å². The number of carbonyl (C=O) groups is 4. The number of carbonyl (C=O) groups excluding carboxylic acids is 4. The molecule has 8 nitrogen and oxygen atoms in total. The van der Waals surface area contributed by atoms with Crippen molar-refractivity contribution in [2.75, 3.05) is 20.3 Å². The summed E-state index contributed by atoms with van der Waals surface area (Å²) in [5.41, 5.74) is 0.369. The lowest BCUT2D eigenvalue weighted by Gasteiger charge is -2.21. The molecule has 0 radical (unpaired) electrons. The van der Waals surface area contributed by atoms with E-state index in [0.717, 1.165) is 4.90 Å². The Morgan fingerprint density at radius 3 is 2.37 bits per heavy atom. The first-order chi connectivity index (χ1) is 12.8. The van der Waals surface area contributed by atoms with Gasteiger partial charge in [-0.05, 0) is 36.6 Å². The number of likely N-dealkylation sites (tertiary alicyclic amines) is 1. The summed E-state index contributed by atoms with van der Waals surface area (Å²) >= 11 is 0. The number of esters is 1. The Balaban J connectivity index is 1.94. The van der Waals surface area contributed by atoms with Crippen molar-refractivity contribution in [3.05, 3.63) is 29.8 Å². The maximum absolute atomic E-state index is 12.4. The van der Waals surface area contributed by atoms with Crippen molar-refractivity contribution < 1.29 is 28.7 Å². The predicted molar refractivity (Wildman–Crippen MR) is 96.0 cm³/mol. The molecule has 146 valence electrons. The lowest BCUT2D eigenvalue weighted by atomic mass is 10.0. The second-order valence-electron chi connectivity index (χ2n) is 6.57. The number of amides is 3. The number of ether oxygens (including phenoxy) is 2. The monoisotopic (exact) mass is 376 g/mol. The number of methoxy groups -OCH3 is 1. The fraction of sp³-hybridized carbons (Fsp3) is 0.474.